The zero-order chi connectivity index (χ0) is 24.1. The van der Waals surface area contributed by atoms with E-state index in [4.69, 9.17) is 5.84 Å². The van der Waals surface area contributed by atoms with E-state index >= 15 is 0 Å². The lowest BCUT2D eigenvalue weighted by atomic mass is 10.1. The van der Waals surface area contributed by atoms with Crippen LogP contribution >= 0.6 is 0 Å². The Kier molecular flexibility index (Phi) is 6.90. The summed E-state index contributed by atoms with van der Waals surface area (Å²) in [6.07, 6.45) is 3.48. The second kappa shape index (κ2) is 10.0. The topological polar surface area (TPSA) is 126 Å². The fourth-order valence-electron chi connectivity index (χ4n) is 3.74. The molecular formula is C24H25N5O4S. The summed E-state index contributed by atoms with van der Waals surface area (Å²) in [6, 6.07) is 17.9. The van der Waals surface area contributed by atoms with Crippen LogP contribution in [0.3, 0.4) is 0 Å². The molecule has 34 heavy (non-hydrogen) atoms. The standard InChI is InChI=1S/C24H25N5O4S/c25-27-23(30)20-5-3-18(4-6-20)17-29(24(31)28-12-14-34(32,33)15-13-28)22-9-7-19(8-10-22)21-2-1-11-26-16-21/h1-11,16H,12-15,17,25H2,(H,27,30). The molecule has 0 unspecified atom stereocenters. The molecule has 176 valence electrons. The average molecular weight is 480 g/mol. The minimum Gasteiger partial charge on any atom is -0.322 e. The van der Waals surface area contributed by atoms with Gasteiger partial charge < -0.3 is 4.90 Å². The van der Waals surface area contributed by atoms with E-state index in [1.807, 2.05) is 36.4 Å². The number of aromatic nitrogens is 1. The summed E-state index contributed by atoms with van der Waals surface area (Å²) in [5, 5.41) is 0. The number of nitrogens with zero attached hydrogens (tertiary/aromatic N) is 3. The molecule has 1 fully saturated rings. The number of amides is 3. The van der Waals surface area contributed by atoms with Crippen molar-refractivity contribution in [2.24, 2.45) is 5.84 Å². The number of pyridine rings is 1. The molecule has 3 aromatic rings. The van der Waals surface area contributed by atoms with Gasteiger partial charge in [0.25, 0.3) is 5.91 Å². The van der Waals surface area contributed by atoms with Crippen molar-refractivity contribution in [3.8, 4) is 11.1 Å². The van der Waals surface area contributed by atoms with Crippen LogP contribution in [0.4, 0.5) is 10.5 Å². The number of hydrogen-bond acceptors (Lipinski definition) is 6. The molecule has 1 aliphatic heterocycles. The van der Waals surface area contributed by atoms with Crippen LogP contribution in [0, 0.1) is 0 Å². The Morgan fingerprint density at radius 2 is 1.65 bits per heavy atom. The smallest absolute Gasteiger partial charge is 0.322 e. The first-order valence-corrected chi connectivity index (χ1v) is 12.6. The van der Waals surface area contributed by atoms with Gasteiger partial charge in [-0.3, -0.25) is 20.1 Å². The highest BCUT2D eigenvalue weighted by molar-refractivity contribution is 7.91. The van der Waals surface area contributed by atoms with Crippen LogP contribution in [-0.2, 0) is 16.4 Å². The van der Waals surface area contributed by atoms with Gasteiger partial charge in [0.15, 0.2) is 9.84 Å². The lowest BCUT2D eigenvalue weighted by Gasteiger charge is -2.33. The SMILES string of the molecule is NNC(=O)c1ccc(CN(C(=O)N2CCS(=O)(=O)CC2)c2ccc(-c3cccnc3)cc2)cc1. The highest BCUT2D eigenvalue weighted by Crippen LogP contribution is 2.25. The number of carbonyl (C=O) groups is 2. The van der Waals surface area contributed by atoms with Crippen LogP contribution in [0.15, 0.2) is 73.1 Å². The third-order valence-corrected chi connectivity index (χ3v) is 7.32. The molecule has 2 heterocycles. The van der Waals surface area contributed by atoms with Crippen LogP contribution in [0.5, 0.6) is 0 Å². The summed E-state index contributed by atoms with van der Waals surface area (Å²) in [6.45, 7) is 0.556. The van der Waals surface area contributed by atoms with Gasteiger partial charge in [0.1, 0.15) is 0 Å². The van der Waals surface area contributed by atoms with Gasteiger partial charge in [-0.2, -0.15) is 0 Å². The largest absolute Gasteiger partial charge is 0.324 e. The van der Waals surface area contributed by atoms with E-state index in [9.17, 15) is 18.0 Å². The zero-order valence-corrected chi connectivity index (χ0v) is 19.2. The number of nitrogens with one attached hydrogen (secondary N) is 1. The van der Waals surface area contributed by atoms with Crippen molar-refractivity contribution >= 4 is 27.5 Å². The first kappa shape index (κ1) is 23.4. The number of urea groups is 1. The molecule has 0 radical (unpaired) electrons. The Labute approximate surface area is 198 Å². The number of sulfone groups is 1. The number of nitrogen functional groups attached to an aromatic ring is 1. The molecule has 1 saturated heterocycles. The van der Waals surface area contributed by atoms with Gasteiger partial charge in [0, 0.05) is 36.7 Å². The Bertz CT molecular complexity index is 1250. The zero-order valence-electron chi connectivity index (χ0n) is 18.4. The van der Waals surface area contributed by atoms with Crippen molar-refractivity contribution in [3.63, 3.8) is 0 Å². The summed E-state index contributed by atoms with van der Waals surface area (Å²) in [5.41, 5.74) is 5.91. The van der Waals surface area contributed by atoms with Gasteiger partial charge in [-0.25, -0.2) is 19.1 Å². The van der Waals surface area contributed by atoms with Crippen molar-refractivity contribution < 1.29 is 18.0 Å². The van der Waals surface area contributed by atoms with Crippen molar-refractivity contribution in [2.45, 2.75) is 6.54 Å². The molecule has 0 bridgehead atoms. The van der Waals surface area contributed by atoms with E-state index in [0.29, 0.717) is 11.3 Å². The second-order valence-electron chi connectivity index (χ2n) is 7.97. The van der Waals surface area contributed by atoms with E-state index in [-0.39, 0.29) is 37.2 Å². The average Bonchev–Trinajstić information content (AvgIpc) is 2.87. The molecule has 1 aliphatic rings. The Hall–Kier alpha value is -3.76. The third-order valence-electron chi connectivity index (χ3n) is 5.71. The van der Waals surface area contributed by atoms with Gasteiger partial charge in [0.2, 0.25) is 0 Å². The predicted octanol–water partition coefficient (Wildman–Crippen LogP) is 2.21. The number of hydrogen-bond donors (Lipinski definition) is 2. The van der Waals surface area contributed by atoms with Crippen LogP contribution in [0.25, 0.3) is 11.1 Å². The molecule has 9 nitrogen and oxygen atoms in total. The monoisotopic (exact) mass is 479 g/mol. The van der Waals surface area contributed by atoms with E-state index in [1.165, 1.54) is 0 Å². The molecule has 10 heteroatoms. The van der Waals surface area contributed by atoms with Crippen LogP contribution in [-0.4, -0.2) is 54.8 Å². The Morgan fingerprint density at radius 3 is 2.24 bits per heavy atom. The second-order valence-corrected chi connectivity index (χ2v) is 10.3. The maximum absolute atomic E-state index is 13.5. The molecule has 3 amide bonds. The van der Waals surface area contributed by atoms with Crippen LogP contribution in [0.2, 0.25) is 0 Å². The minimum atomic E-state index is -3.12. The molecular weight excluding hydrogens is 454 g/mol. The number of hydrazine groups is 1. The van der Waals surface area contributed by atoms with Crippen molar-refractivity contribution in [1.82, 2.24) is 15.3 Å². The summed E-state index contributed by atoms with van der Waals surface area (Å²) >= 11 is 0. The normalized spacial score (nSPS) is 14.9. The van der Waals surface area contributed by atoms with E-state index in [1.54, 1.807) is 46.5 Å². The predicted molar refractivity (Wildman–Crippen MR) is 130 cm³/mol. The highest BCUT2D eigenvalue weighted by atomic mass is 32.2. The van der Waals surface area contributed by atoms with E-state index in [2.05, 4.69) is 10.4 Å². The van der Waals surface area contributed by atoms with Crippen molar-refractivity contribution in [1.29, 1.82) is 0 Å². The molecule has 0 saturated carbocycles. The minimum absolute atomic E-state index is 0.0462. The summed E-state index contributed by atoms with van der Waals surface area (Å²) in [4.78, 5) is 32.5. The van der Waals surface area contributed by atoms with Gasteiger partial charge in [-0.1, -0.05) is 30.3 Å². The number of rotatable bonds is 5. The number of carbonyl (C=O) groups excluding carboxylic acids is 2. The molecule has 0 spiro atoms. The van der Waals surface area contributed by atoms with E-state index in [0.717, 1.165) is 16.7 Å². The maximum Gasteiger partial charge on any atom is 0.324 e. The van der Waals surface area contributed by atoms with Gasteiger partial charge in [-0.05, 0) is 47.0 Å². The van der Waals surface area contributed by atoms with Crippen molar-refractivity contribution in [3.05, 3.63) is 84.2 Å². The summed E-state index contributed by atoms with van der Waals surface area (Å²) < 4.78 is 23.7. The van der Waals surface area contributed by atoms with Gasteiger partial charge in [-0.15, -0.1) is 0 Å². The number of benzene rings is 2. The quantitative estimate of drug-likeness (QED) is 0.328. The van der Waals surface area contributed by atoms with Crippen LogP contribution < -0.4 is 16.2 Å². The van der Waals surface area contributed by atoms with Gasteiger partial charge >= 0.3 is 6.03 Å². The van der Waals surface area contributed by atoms with E-state index < -0.39 is 15.7 Å². The molecule has 4 rings (SSSR count). The molecule has 0 atom stereocenters. The molecule has 1 aromatic heterocycles. The van der Waals surface area contributed by atoms with Crippen molar-refractivity contribution in [2.75, 3.05) is 29.5 Å². The first-order valence-electron chi connectivity index (χ1n) is 10.7. The first-order chi connectivity index (χ1) is 16.4. The molecule has 3 N–H and O–H groups in total. The molecule has 0 aliphatic carbocycles. The Balaban J connectivity index is 1.61. The fourth-order valence-corrected chi connectivity index (χ4v) is 4.94. The Morgan fingerprint density at radius 1 is 0.971 bits per heavy atom. The lowest BCUT2D eigenvalue weighted by molar-refractivity contribution is 0.0953. The molecule has 2 aromatic carbocycles. The fraction of sp³-hybridized carbons (Fsp3) is 0.208. The number of anilines is 1. The maximum atomic E-state index is 13.5. The highest BCUT2D eigenvalue weighted by Gasteiger charge is 2.29. The lowest BCUT2D eigenvalue weighted by Crippen LogP contribution is -2.49. The summed E-state index contributed by atoms with van der Waals surface area (Å²) in [7, 11) is -3.12. The third kappa shape index (κ3) is 5.41. The summed E-state index contributed by atoms with van der Waals surface area (Å²) in [5.74, 6) is 4.69. The number of nitrogens with two attached hydrogens (primary N) is 1. The van der Waals surface area contributed by atoms with Gasteiger partial charge in [0.05, 0.1) is 18.1 Å². The van der Waals surface area contributed by atoms with Crippen LogP contribution in [0.1, 0.15) is 15.9 Å².